The molecule has 0 heterocycles. The van der Waals surface area contributed by atoms with Gasteiger partial charge in [-0.05, 0) is 46.7 Å². The summed E-state index contributed by atoms with van der Waals surface area (Å²) in [6.45, 7) is -0.480. The summed E-state index contributed by atoms with van der Waals surface area (Å²) in [7, 11) is -4.60. The number of rotatable bonds is 6. The van der Waals surface area contributed by atoms with E-state index in [2.05, 4.69) is 5.32 Å². The van der Waals surface area contributed by atoms with E-state index in [9.17, 15) is 36.3 Å². The number of halogens is 3. The molecule has 0 atom stereocenters. The topological polar surface area (TPSA) is 104 Å². The van der Waals surface area contributed by atoms with Gasteiger partial charge < -0.3 is 10.4 Å². The van der Waals surface area contributed by atoms with Gasteiger partial charge in [0.2, 0.25) is 0 Å². The second kappa shape index (κ2) is 8.60. The molecule has 1 amide bonds. The predicted molar refractivity (Wildman–Crippen MR) is 112 cm³/mol. The Hall–Kier alpha value is -3.44. The SMILES string of the molecule is CN(Cc1ccc2cc(C(=O)Nc3ccccc3C(=O)O)ccc2c1)S(=O)(=O)C(F)(F)F. The van der Waals surface area contributed by atoms with Gasteiger partial charge in [-0.3, -0.25) is 4.79 Å². The average Bonchev–Trinajstić information content (AvgIpc) is 2.72. The van der Waals surface area contributed by atoms with Gasteiger partial charge in [0.25, 0.3) is 5.91 Å². The number of nitrogens with one attached hydrogen (secondary N) is 1. The Kier molecular flexibility index (Phi) is 6.24. The van der Waals surface area contributed by atoms with Crippen LogP contribution in [0.2, 0.25) is 0 Å². The van der Waals surface area contributed by atoms with Gasteiger partial charge in [-0.25, -0.2) is 13.2 Å². The van der Waals surface area contributed by atoms with Crippen LogP contribution in [0.5, 0.6) is 0 Å². The van der Waals surface area contributed by atoms with Gasteiger partial charge in [-0.2, -0.15) is 17.5 Å². The van der Waals surface area contributed by atoms with Crippen LogP contribution in [0.4, 0.5) is 18.9 Å². The summed E-state index contributed by atoms with van der Waals surface area (Å²) < 4.78 is 61.2. The molecule has 0 fully saturated rings. The van der Waals surface area contributed by atoms with E-state index in [1.165, 1.54) is 42.5 Å². The fourth-order valence-electron chi connectivity index (χ4n) is 3.03. The number of nitrogens with zero attached hydrogens (tertiary/aromatic N) is 1. The zero-order valence-electron chi connectivity index (χ0n) is 16.6. The van der Waals surface area contributed by atoms with Crippen LogP contribution in [0.3, 0.4) is 0 Å². The van der Waals surface area contributed by atoms with E-state index in [0.29, 0.717) is 16.3 Å². The van der Waals surface area contributed by atoms with Gasteiger partial charge in [0, 0.05) is 19.2 Å². The molecular formula is C21H17F3N2O5S. The molecule has 168 valence electrons. The van der Waals surface area contributed by atoms with Crippen molar-refractivity contribution in [2.75, 3.05) is 12.4 Å². The molecular weight excluding hydrogens is 449 g/mol. The highest BCUT2D eigenvalue weighted by atomic mass is 32.2. The smallest absolute Gasteiger partial charge is 0.478 e. The van der Waals surface area contributed by atoms with Crippen LogP contribution in [-0.4, -0.2) is 42.3 Å². The molecule has 0 radical (unpaired) electrons. The van der Waals surface area contributed by atoms with E-state index in [-0.39, 0.29) is 21.1 Å². The standard InChI is InChI=1S/C21H17F3N2O5S/c1-26(32(30,31)21(22,23)24)12-13-6-7-15-11-16(9-8-14(15)10-13)19(27)25-18-5-3-2-4-17(18)20(28)29/h2-11H,12H2,1H3,(H,25,27)(H,28,29). The first-order chi connectivity index (χ1) is 14.9. The first-order valence-electron chi connectivity index (χ1n) is 9.09. The number of amides is 1. The minimum atomic E-state index is -5.45. The lowest BCUT2D eigenvalue weighted by Crippen LogP contribution is -2.37. The summed E-state index contributed by atoms with van der Waals surface area (Å²) in [6, 6.07) is 15.1. The van der Waals surface area contributed by atoms with Crippen molar-refractivity contribution in [3.63, 3.8) is 0 Å². The number of sulfonamides is 1. The van der Waals surface area contributed by atoms with E-state index in [0.717, 1.165) is 7.05 Å². The second-order valence-corrected chi connectivity index (χ2v) is 8.94. The van der Waals surface area contributed by atoms with Crippen molar-refractivity contribution in [1.82, 2.24) is 4.31 Å². The van der Waals surface area contributed by atoms with Crippen molar-refractivity contribution in [1.29, 1.82) is 0 Å². The summed E-state index contributed by atoms with van der Waals surface area (Å²) >= 11 is 0. The third-order valence-electron chi connectivity index (χ3n) is 4.68. The van der Waals surface area contributed by atoms with Crippen LogP contribution >= 0.6 is 0 Å². The Labute approximate surface area is 181 Å². The zero-order chi connectivity index (χ0) is 23.7. The van der Waals surface area contributed by atoms with Crippen molar-refractivity contribution < 1.29 is 36.3 Å². The highest BCUT2D eigenvalue weighted by Gasteiger charge is 2.48. The second-order valence-electron chi connectivity index (χ2n) is 6.91. The largest absolute Gasteiger partial charge is 0.511 e. The number of carbonyl (C=O) groups is 2. The first kappa shape index (κ1) is 23.2. The lowest BCUT2D eigenvalue weighted by Gasteiger charge is -2.19. The maximum atomic E-state index is 12.7. The van der Waals surface area contributed by atoms with Crippen LogP contribution in [0.15, 0.2) is 60.7 Å². The summed E-state index contributed by atoms with van der Waals surface area (Å²) in [4.78, 5) is 23.9. The molecule has 3 aromatic carbocycles. The molecule has 32 heavy (non-hydrogen) atoms. The summed E-state index contributed by atoms with van der Waals surface area (Å²) in [6.07, 6.45) is 0. The monoisotopic (exact) mass is 466 g/mol. The number of alkyl halides is 3. The highest BCUT2D eigenvalue weighted by molar-refractivity contribution is 7.89. The number of anilines is 1. The molecule has 0 bridgehead atoms. The summed E-state index contributed by atoms with van der Waals surface area (Å²) in [5, 5.41) is 12.9. The van der Waals surface area contributed by atoms with E-state index in [1.807, 2.05) is 0 Å². The molecule has 0 spiro atoms. The maximum Gasteiger partial charge on any atom is 0.511 e. The molecule has 0 saturated carbocycles. The average molecular weight is 466 g/mol. The summed E-state index contributed by atoms with van der Waals surface area (Å²) in [5.74, 6) is -1.73. The third-order valence-corrected chi connectivity index (χ3v) is 6.22. The lowest BCUT2D eigenvalue weighted by atomic mass is 10.0. The maximum absolute atomic E-state index is 12.7. The predicted octanol–water partition coefficient (Wildman–Crippen LogP) is 4.07. The molecule has 0 aliphatic rings. The van der Waals surface area contributed by atoms with Gasteiger partial charge in [-0.1, -0.05) is 30.3 Å². The fraction of sp³-hybridized carbons (Fsp3) is 0.143. The van der Waals surface area contributed by atoms with E-state index >= 15 is 0 Å². The van der Waals surface area contributed by atoms with Crippen LogP contribution in [-0.2, 0) is 16.6 Å². The molecule has 0 aromatic heterocycles. The number of fused-ring (bicyclic) bond motifs is 1. The molecule has 7 nitrogen and oxygen atoms in total. The molecule has 3 aromatic rings. The summed E-state index contributed by atoms with van der Waals surface area (Å²) in [5.41, 5.74) is -4.75. The van der Waals surface area contributed by atoms with Gasteiger partial charge in [-0.15, -0.1) is 0 Å². The number of benzene rings is 3. The van der Waals surface area contributed by atoms with Crippen LogP contribution in [0.25, 0.3) is 10.8 Å². The van der Waals surface area contributed by atoms with Gasteiger partial charge in [0.1, 0.15) is 0 Å². The molecule has 0 aliphatic carbocycles. The normalized spacial score (nSPS) is 12.2. The number of aromatic carboxylic acids is 1. The highest BCUT2D eigenvalue weighted by Crippen LogP contribution is 2.28. The van der Waals surface area contributed by atoms with Gasteiger partial charge >= 0.3 is 21.5 Å². The Morgan fingerprint density at radius 2 is 1.62 bits per heavy atom. The van der Waals surface area contributed by atoms with Crippen LogP contribution in [0, 0.1) is 0 Å². The molecule has 3 rings (SSSR count). The van der Waals surface area contributed by atoms with Crippen molar-refractivity contribution in [2.45, 2.75) is 12.1 Å². The number of para-hydroxylation sites is 1. The molecule has 0 unspecified atom stereocenters. The first-order valence-corrected chi connectivity index (χ1v) is 10.5. The number of carboxylic acids is 1. The fourth-order valence-corrected chi connectivity index (χ4v) is 3.70. The van der Waals surface area contributed by atoms with Crippen molar-refractivity contribution in [2.24, 2.45) is 0 Å². The minimum Gasteiger partial charge on any atom is -0.478 e. The van der Waals surface area contributed by atoms with Crippen molar-refractivity contribution >= 4 is 38.4 Å². The molecule has 0 aliphatic heterocycles. The molecule has 0 saturated heterocycles. The Balaban J connectivity index is 1.82. The minimum absolute atomic E-state index is 0.0655. The van der Waals surface area contributed by atoms with Crippen molar-refractivity contribution in [3.8, 4) is 0 Å². The van der Waals surface area contributed by atoms with Crippen LogP contribution in [0.1, 0.15) is 26.3 Å². The Morgan fingerprint density at radius 3 is 2.28 bits per heavy atom. The quantitative estimate of drug-likeness (QED) is 0.570. The number of carboxylic acid groups (broad SMARTS) is 1. The van der Waals surface area contributed by atoms with Gasteiger partial charge in [0.15, 0.2) is 0 Å². The van der Waals surface area contributed by atoms with E-state index in [4.69, 9.17) is 0 Å². The molecule has 11 heteroatoms. The third kappa shape index (κ3) is 4.73. The number of carbonyl (C=O) groups excluding carboxylic acids is 1. The number of hydrogen-bond donors (Lipinski definition) is 2. The van der Waals surface area contributed by atoms with E-state index in [1.54, 1.807) is 18.2 Å². The zero-order valence-corrected chi connectivity index (χ0v) is 17.4. The lowest BCUT2D eigenvalue weighted by molar-refractivity contribution is -0.0484. The molecule has 2 N–H and O–H groups in total. The number of hydrogen-bond acceptors (Lipinski definition) is 4. The Bertz CT molecular complexity index is 1310. The Morgan fingerprint density at radius 1 is 1.00 bits per heavy atom. The van der Waals surface area contributed by atoms with Crippen LogP contribution < -0.4 is 5.32 Å². The van der Waals surface area contributed by atoms with E-state index < -0.39 is 34.0 Å². The van der Waals surface area contributed by atoms with Gasteiger partial charge in [0.05, 0.1) is 11.3 Å². The van der Waals surface area contributed by atoms with Crippen molar-refractivity contribution in [3.05, 3.63) is 77.4 Å².